The Morgan fingerprint density at radius 2 is 1.92 bits per heavy atom. The van der Waals surface area contributed by atoms with Crippen molar-refractivity contribution in [2.75, 3.05) is 5.32 Å². The minimum atomic E-state index is 0.103. The van der Waals surface area contributed by atoms with Gasteiger partial charge in [0.25, 0.3) is 0 Å². The van der Waals surface area contributed by atoms with Gasteiger partial charge in [0.05, 0.1) is 5.69 Å². The quantitative estimate of drug-likeness (QED) is 0.710. The number of benzene rings is 1. The molecule has 3 nitrogen and oxygen atoms in total. The van der Waals surface area contributed by atoms with Gasteiger partial charge in [-0.2, -0.15) is 0 Å². The summed E-state index contributed by atoms with van der Waals surface area (Å²) in [5.74, 6) is 0.842. The minimum Gasteiger partial charge on any atom is -0.302 e. The van der Waals surface area contributed by atoms with Gasteiger partial charge in [-0.25, -0.2) is 4.98 Å². The van der Waals surface area contributed by atoms with Crippen molar-refractivity contribution >= 4 is 22.4 Å². The molecule has 1 aromatic heterocycles. The number of rotatable bonds is 5. The van der Waals surface area contributed by atoms with Gasteiger partial charge in [-0.05, 0) is 50.3 Å². The average molecular weight is 357 g/mol. The second kappa shape index (κ2) is 8.13. The van der Waals surface area contributed by atoms with Gasteiger partial charge in [-0.3, -0.25) is 4.79 Å². The molecule has 1 heterocycles. The molecule has 1 aliphatic rings. The smallest absolute Gasteiger partial charge is 0.226 e. The lowest BCUT2D eigenvalue weighted by molar-refractivity contribution is -0.116. The monoisotopic (exact) mass is 356 g/mol. The van der Waals surface area contributed by atoms with Gasteiger partial charge in [0, 0.05) is 16.9 Å². The Balaban J connectivity index is 1.61. The van der Waals surface area contributed by atoms with E-state index in [2.05, 4.69) is 49.3 Å². The van der Waals surface area contributed by atoms with E-state index in [0.29, 0.717) is 6.42 Å². The van der Waals surface area contributed by atoms with E-state index in [-0.39, 0.29) is 5.91 Å². The lowest BCUT2D eigenvalue weighted by Crippen LogP contribution is -2.14. The maximum atomic E-state index is 12.3. The summed E-state index contributed by atoms with van der Waals surface area (Å²) < 4.78 is 0. The van der Waals surface area contributed by atoms with Crippen LogP contribution in [0, 0.1) is 26.7 Å². The zero-order chi connectivity index (χ0) is 17.8. The van der Waals surface area contributed by atoms with Gasteiger partial charge in [0.1, 0.15) is 0 Å². The summed E-state index contributed by atoms with van der Waals surface area (Å²) in [6.45, 7) is 6.30. The summed E-state index contributed by atoms with van der Waals surface area (Å²) in [6, 6.07) is 6.41. The normalized spacial score (nSPS) is 15.3. The van der Waals surface area contributed by atoms with E-state index in [9.17, 15) is 4.79 Å². The maximum absolute atomic E-state index is 12.3. The van der Waals surface area contributed by atoms with Crippen LogP contribution >= 0.6 is 11.3 Å². The fourth-order valence-electron chi connectivity index (χ4n) is 3.60. The van der Waals surface area contributed by atoms with Gasteiger partial charge in [-0.15, -0.1) is 11.3 Å². The first-order valence-electron chi connectivity index (χ1n) is 9.38. The Hall–Kier alpha value is -1.68. The van der Waals surface area contributed by atoms with E-state index in [1.54, 1.807) is 11.3 Å². The number of aromatic nitrogens is 1. The molecule has 0 unspecified atom stereocenters. The molecule has 0 aliphatic heterocycles. The molecule has 0 atom stereocenters. The van der Waals surface area contributed by atoms with Gasteiger partial charge in [-0.1, -0.05) is 44.2 Å². The summed E-state index contributed by atoms with van der Waals surface area (Å²) in [5, 5.41) is 3.73. The molecule has 2 aromatic rings. The fraction of sp³-hybridized carbons (Fsp3) is 0.524. The van der Waals surface area contributed by atoms with Crippen molar-refractivity contribution < 1.29 is 4.79 Å². The second-order valence-corrected chi connectivity index (χ2v) is 8.52. The highest BCUT2D eigenvalue weighted by atomic mass is 32.1. The van der Waals surface area contributed by atoms with E-state index < -0.39 is 0 Å². The van der Waals surface area contributed by atoms with Gasteiger partial charge in [0.2, 0.25) is 5.91 Å². The van der Waals surface area contributed by atoms with Crippen LogP contribution < -0.4 is 5.32 Å². The lowest BCUT2D eigenvalue weighted by atomic mass is 9.86. The van der Waals surface area contributed by atoms with E-state index >= 15 is 0 Å². The molecule has 25 heavy (non-hydrogen) atoms. The highest BCUT2D eigenvalue weighted by Crippen LogP contribution is 2.32. The molecule has 0 spiro atoms. The van der Waals surface area contributed by atoms with Crippen LogP contribution in [0.5, 0.6) is 0 Å². The number of carbonyl (C=O) groups excluding carboxylic acids is 1. The first-order chi connectivity index (χ1) is 12.0. The number of nitrogens with one attached hydrogen (secondary N) is 1. The number of nitrogens with zero attached hydrogens (tertiary/aromatic N) is 1. The average Bonchev–Trinajstić information content (AvgIpc) is 2.96. The zero-order valence-corrected chi connectivity index (χ0v) is 16.3. The van der Waals surface area contributed by atoms with Crippen LogP contribution in [-0.4, -0.2) is 10.9 Å². The number of carbonyl (C=O) groups is 1. The first-order valence-corrected chi connectivity index (χ1v) is 10.2. The van der Waals surface area contributed by atoms with Crippen LogP contribution in [0.2, 0.25) is 0 Å². The van der Waals surface area contributed by atoms with Crippen molar-refractivity contribution in [1.82, 2.24) is 4.98 Å². The molecule has 0 radical (unpaired) electrons. The number of aryl methyl sites for hydroxylation is 3. The van der Waals surface area contributed by atoms with Crippen molar-refractivity contribution in [3.63, 3.8) is 0 Å². The molecule has 1 aromatic carbocycles. The number of thiazole rings is 1. The molecule has 3 rings (SSSR count). The Kier molecular flexibility index (Phi) is 5.89. The molecular formula is C21H28N2OS. The van der Waals surface area contributed by atoms with Crippen molar-refractivity contribution in [1.29, 1.82) is 0 Å². The second-order valence-electron chi connectivity index (χ2n) is 7.31. The van der Waals surface area contributed by atoms with Crippen molar-refractivity contribution in [2.24, 2.45) is 5.92 Å². The van der Waals surface area contributed by atoms with Gasteiger partial charge in [0.15, 0.2) is 5.13 Å². The summed E-state index contributed by atoms with van der Waals surface area (Å²) in [6.07, 6.45) is 8.24. The highest BCUT2D eigenvalue weighted by molar-refractivity contribution is 7.16. The van der Waals surface area contributed by atoms with Crippen LogP contribution in [0.1, 0.15) is 60.9 Å². The van der Waals surface area contributed by atoms with Crippen LogP contribution in [0.25, 0.3) is 11.3 Å². The third kappa shape index (κ3) is 4.69. The fourth-order valence-corrected chi connectivity index (χ4v) is 4.45. The van der Waals surface area contributed by atoms with E-state index in [4.69, 9.17) is 0 Å². The Morgan fingerprint density at radius 1 is 1.16 bits per heavy atom. The maximum Gasteiger partial charge on any atom is 0.226 e. The van der Waals surface area contributed by atoms with Crippen molar-refractivity contribution in [2.45, 2.75) is 65.7 Å². The number of hydrogen-bond donors (Lipinski definition) is 1. The summed E-state index contributed by atoms with van der Waals surface area (Å²) in [7, 11) is 0. The molecule has 1 saturated carbocycles. The molecule has 1 amide bonds. The zero-order valence-electron chi connectivity index (χ0n) is 15.5. The summed E-state index contributed by atoms with van der Waals surface area (Å²) in [4.78, 5) is 18.1. The van der Waals surface area contributed by atoms with E-state index in [0.717, 1.165) is 33.6 Å². The number of amides is 1. The lowest BCUT2D eigenvalue weighted by Gasteiger charge is -2.20. The number of anilines is 1. The third-order valence-corrected chi connectivity index (χ3v) is 6.21. The van der Waals surface area contributed by atoms with Gasteiger partial charge < -0.3 is 5.32 Å². The summed E-state index contributed by atoms with van der Waals surface area (Å²) in [5.41, 5.74) is 4.66. The minimum absolute atomic E-state index is 0.103. The largest absolute Gasteiger partial charge is 0.302 e. The number of hydrogen-bond acceptors (Lipinski definition) is 3. The summed E-state index contributed by atoms with van der Waals surface area (Å²) >= 11 is 1.57. The van der Waals surface area contributed by atoms with Crippen LogP contribution in [0.15, 0.2) is 18.2 Å². The predicted molar refractivity (Wildman–Crippen MR) is 106 cm³/mol. The molecule has 1 aliphatic carbocycles. The third-order valence-electron chi connectivity index (χ3n) is 5.33. The Bertz CT molecular complexity index is 744. The predicted octanol–water partition coefficient (Wildman–Crippen LogP) is 6.03. The van der Waals surface area contributed by atoms with Crippen LogP contribution in [0.3, 0.4) is 0 Å². The van der Waals surface area contributed by atoms with Gasteiger partial charge >= 0.3 is 0 Å². The Morgan fingerprint density at radius 3 is 2.64 bits per heavy atom. The highest BCUT2D eigenvalue weighted by Gasteiger charge is 2.16. The molecule has 134 valence electrons. The molecule has 1 fully saturated rings. The molecular weight excluding hydrogens is 328 g/mol. The van der Waals surface area contributed by atoms with Crippen LogP contribution in [-0.2, 0) is 4.79 Å². The van der Waals surface area contributed by atoms with E-state index in [1.165, 1.54) is 43.2 Å². The van der Waals surface area contributed by atoms with E-state index in [1.807, 2.05) is 0 Å². The SMILES string of the molecule is Cc1ccc(-c2nc(NC(=O)CCC3CCCCC3)sc2C)cc1C. The first kappa shape index (κ1) is 18.1. The topological polar surface area (TPSA) is 42.0 Å². The molecule has 4 heteroatoms. The Labute approximate surface area is 154 Å². The standard InChI is InChI=1S/C21H28N2OS/c1-14-9-11-18(13-15(14)2)20-16(3)25-21(23-20)22-19(24)12-10-17-7-5-4-6-8-17/h9,11,13,17H,4-8,10,12H2,1-3H3,(H,22,23,24). The molecule has 0 bridgehead atoms. The molecule has 1 N–H and O–H groups in total. The molecule has 0 saturated heterocycles. The van der Waals surface area contributed by atoms with Crippen molar-refractivity contribution in [3.8, 4) is 11.3 Å². The van der Waals surface area contributed by atoms with Crippen LogP contribution in [0.4, 0.5) is 5.13 Å². The van der Waals surface area contributed by atoms with Crippen molar-refractivity contribution in [3.05, 3.63) is 34.2 Å².